The van der Waals surface area contributed by atoms with E-state index in [0.717, 1.165) is 15.2 Å². The van der Waals surface area contributed by atoms with Gasteiger partial charge in [0, 0.05) is 0 Å². The molecule has 0 amide bonds. The second-order valence-corrected chi connectivity index (χ2v) is 4.12. The van der Waals surface area contributed by atoms with Gasteiger partial charge < -0.3 is 5.11 Å². The monoisotopic (exact) mass is 205 g/mol. The third kappa shape index (κ3) is 1.69. The summed E-state index contributed by atoms with van der Waals surface area (Å²) in [6.07, 6.45) is 1.75. The van der Waals surface area contributed by atoms with Gasteiger partial charge in [0.15, 0.2) is 0 Å². The Kier molecular flexibility index (Phi) is 2.61. The first-order valence-electron chi connectivity index (χ1n) is 4.45. The number of fused-ring (bicyclic) bond motifs is 1. The van der Waals surface area contributed by atoms with Crippen molar-refractivity contribution in [3.05, 3.63) is 41.9 Å². The van der Waals surface area contributed by atoms with Crippen LogP contribution in [0.1, 0.15) is 17.5 Å². The molecule has 0 spiro atoms. The maximum Gasteiger partial charge on any atom is 0.123 e. The highest BCUT2D eigenvalue weighted by Crippen LogP contribution is 2.27. The van der Waals surface area contributed by atoms with Crippen LogP contribution in [0.3, 0.4) is 0 Å². The van der Waals surface area contributed by atoms with Crippen molar-refractivity contribution in [1.82, 2.24) is 4.98 Å². The van der Waals surface area contributed by atoms with E-state index in [2.05, 4.69) is 11.6 Å². The highest BCUT2D eigenvalue weighted by Gasteiger charge is 2.10. The van der Waals surface area contributed by atoms with Gasteiger partial charge in [0.1, 0.15) is 11.1 Å². The Morgan fingerprint density at radius 2 is 2.29 bits per heavy atom. The van der Waals surface area contributed by atoms with Crippen molar-refractivity contribution in [2.24, 2.45) is 0 Å². The van der Waals surface area contributed by atoms with Crippen molar-refractivity contribution in [1.29, 1.82) is 0 Å². The number of aliphatic hydroxyl groups excluding tert-OH is 1. The number of rotatable bonds is 3. The van der Waals surface area contributed by atoms with Crippen molar-refractivity contribution in [2.75, 3.05) is 0 Å². The van der Waals surface area contributed by atoms with Crippen LogP contribution in [-0.4, -0.2) is 10.1 Å². The van der Waals surface area contributed by atoms with Crippen LogP contribution in [-0.2, 0) is 0 Å². The molecule has 2 nitrogen and oxygen atoms in total. The lowest BCUT2D eigenvalue weighted by Crippen LogP contribution is -1.93. The highest BCUT2D eigenvalue weighted by atomic mass is 32.1. The van der Waals surface area contributed by atoms with Crippen LogP contribution < -0.4 is 0 Å². The van der Waals surface area contributed by atoms with Gasteiger partial charge in [-0.15, -0.1) is 17.9 Å². The number of para-hydroxylation sites is 1. The predicted octanol–water partition coefficient (Wildman–Crippen LogP) is 2.91. The summed E-state index contributed by atoms with van der Waals surface area (Å²) < 4.78 is 1.12. The Balaban J connectivity index is 2.39. The molecule has 1 heterocycles. The molecule has 2 rings (SSSR count). The molecule has 0 aliphatic carbocycles. The van der Waals surface area contributed by atoms with Crippen LogP contribution in [0.4, 0.5) is 0 Å². The maximum atomic E-state index is 9.70. The first-order chi connectivity index (χ1) is 6.81. The lowest BCUT2D eigenvalue weighted by Gasteiger charge is -2.01. The van der Waals surface area contributed by atoms with Gasteiger partial charge in [-0.3, -0.25) is 0 Å². The Labute approximate surface area is 86.5 Å². The summed E-state index contributed by atoms with van der Waals surface area (Å²) in [6, 6.07) is 7.89. The van der Waals surface area contributed by atoms with Gasteiger partial charge in [0.25, 0.3) is 0 Å². The molecule has 1 aromatic carbocycles. The average molecular weight is 205 g/mol. The third-order valence-corrected chi connectivity index (χ3v) is 3.12. The molecule has 14 heavy (non-hydrogen) atoms. The molecule has 0 bridgehead atoms. The second kappa shape index (κ2) is 3.90. The number of aromatic nitrogens is 1. The second-order valence-electron chi connectivity index (χ2n) is 3.06. The molecule has 0 saturated carbocycles. The Morgan fingerprint density at radius 1 is 1.50 bits per heavy atom. The maximum absolute atomic E-state index is 9.70. The standard InChI is InChI=1S/C11H11NOS/c1-2-5-9(13)11-12-8-6-3-4-7-10(8)14-11/h2-4,6-7,9,13H,1,5H2. The minimum absolute atomic E-state index is 0.509. The number of nitrogens with zero attached hydrogens (tertiary/aromatic N) is 1. The molecule has 0 aliphatic heterocycles. The molecule has 0 fully saturated rings. The number of benzene rings is 1. The minimum atomic E-state index is -0.509. The predicted molar refractivity (Wildman–Crippen MR) is 59.4 cm³/mol. The van der Waals surface area contributed by atoms with Gasteiger partial charge in [-0.1, -0.05) is 18.2 Å². The first kappa shape index (κ1) is 9.37. The lowest BCUT2D eigenvalue weighted by molar-refractivity contribution is 0.181. The van der Waals surface area contributed by atoms with Crippen LogP contribution >= 0.6 is 11.3 Å². The molecule has 1 unspecified atom stereocenters. The topological polar surface area (TPSA) is 33.1 Å². The highest BCUT2D eigenvalue weighted by molar-refractivity contribution is 7.18. The number of aliphatic hydroxyl groups is 1. The summed E-state index contributed by atoms with van der Waals surface area (Å²) >= 11 is 1.54. The van der Waals surface area contributed by atoms with Gasteiger partial charge in [-0.05, 0) is 18.6 Å². The van der Waals surface area contributed by atoms with E-state index >= 15 is 0 Å². The van der Waals surface area contributed by atoms with Crippen LogP contribution in [0.5, 0.6) is 0 Å². The fourth-order valence-corrected chi connectivity index (χ4v) is 2.26. The molecule has 0 saturated heterocycles. The number of thiazole rings is 1. The Bertz CT molecular complexity index is 416. The van der Waals surface area contributed by atoms with Gasteiger partial charge in [0.05, 0.1) is 10.2 Å². The summed E-state index contributed by atoms with van der Waals surface area (Å²) in [5.74, 6) is 0. The molecule has 0 aliphatic rings. The van der Waals surface area contributed by atoms with E-state index in [1.165, 1.54) is 11.3 Å². The normalized spacial score (nSPS) is 12.9. The van der Waals surface area contributed by atoms with Gasteiger partial charge in [-0.25, -0.2) is 4.98 Å². The van der Waals surface area contributed by atoms with Crippen molar-refractivity contribution in [3.8, 4) is 0 Å². The van der Waals surface area contributed by atoms with Crippen LogP contribution in [0.2, 0.25) is 0 Å². The van der Waals surface area contributed by atoms with Gasteiger partial charge >= 0.3 is 0 Å². The van der Waals surface area contributed by atoms with Crippen LogP contribution in [0.25, 0.3) is 10.2 Å². The quantitative estimate of drug-likeness (QED) is 0.781. The summed E-state index contributed by atoms with van der Waals surface area (Å²) in [5, 5.41) is 10.5. The Hall–Kier alpha value is -1.19. The fourth-order valence-electron chi connectivity index (χ4n) is 1.29. The van der Waals surface area contributed by atoms with Crippen LogP contribution in [0.15, 0.2) is 36.9 Å². The summed E-state index contributed by atoms with van der Waals surface area (Å²) in [5.41, 5.74) is 0.954. The molecular formula is C11H11NOS. The van der Waals surface area contributed by atoms with E-state index in [0.29, 0.717) is 6.42 Å². The van der Waals surface area contributed by atoms with Crippen molar-refractivity contribution >= 4 is 21.6 Å². The van der Waals surface area contributed by atoms with Crippen molar-refractivity contribution in [3.63, 3.8) is 0 Å². The molecular weight excluding hydrogens is 194 g/mol. The van der Waals surface area contributed by atoms with Crippen molar-refractivity contribution in [2.45, 2.75) is 12.5 Å². The number of hydrogen-bond acceptors (Lipinski definition) is 3. The largest absolute Gasteiger partial charge is 0.386 e. The lowest BCUT2D eigenvalue weighted by atomic mass is 10.2. The SMILES string of the molecule is C=CCC(O)c1nc2ccccc2s1. The number of hydrogen-bond donors (Lipinski definition) is 1. The zero-order valence-corrected chi connectivity index (χ0v) is 8.50. The molecule has 3 heteroatoms. The molecule has 1 N–H and O–H groups in total. The average Bonchev–Trinajstić information content (AvgIpc) is 2.61. The van der Waals surface area contributed by atoms with E-state index in [-0.39, 0.29) is 0 Å². The van der Waals surface area contributed by atoms with E-state index in [4.69, 9.17) is 0 Å². The smallest absolute Gasteiger partial charge is 0.123 e. The molecule has 1 atom stereocenters. The van der Waals surface area contributed by atoms with E-state index in [9.17, 15) is 5.11 Å². The minimum Gasteiger partial charge on any atom is -0.386 e. The molecule has 2 aromatic rings. The summed E-state index contributed by atoms with van der Waals surface area (Å²) in [4.78, 5) is 4.35. The Morgan fingerprint density at radius 3 is 3.00 bits per heavy atom. The molecule has 0 radical (unpaired) electrons. The third-order valence-electron chi connectivity index (χ3n) is 1.99. The van der Waals surface area contributed by atoms with Crippen molar-refractivity contribution < 1.29 is 5.11 Å². The van der Waals surface area contributed by atoms with E-state index in [1.807, 2.05) is 24.3 Å². The van der Waals surface area contributed by atoms with E-state index in [1.54, 1.807) is 6.08 Å². The fraction of sp³-hybridized carbons (Fsp3) is 0.182. The summed E-state index contributed by atoms with van der Waals surface area (Å²) in [7, 11) is 0. The summed E-state index contributed by atoms with van der Waals surface area (Å²) in [6.45, 7) is 3.60. The van der Waals surface area contributed by atoms with Gasteiger partial charge in [0.2, 0.25) is 0 Å². The van der Waals surface area contributed by atoms with E-state index < -0.39 is 6.10 Å². The molecule has 1 aromatic heterocycles. The van der Waals surface area contributed by atoms with Gasteiger partial charge in [-0.2, -0.15) is 0 Å². The molecule has 72 valence electrons. The zero-order valence-electron chi connectivity index (χ0n) is 7.68. The first-order valence-corrected chi connectivity index (χ1v) is 5.27. The zero-order chi connectivity index (χ0) is 9.97. The van der Waals surface area contributed by atoms with Crippen LogP contribution in [0, 0.1) is 0 Å².